The molecular formula is C13H12Br2S. The van der Waals surface area contributed by atoms with Crippen molar-refractivity contribution >= 4 is 43.2 Å². The quantitative estimate of drug-likeness (QED) is 0.629. The summed E-state index contributed by atoms with van der Waals surface area (Å²) in [4.78, 5) is 1.65. The van der Waals surface area contributed by atoms with Gasteiger partial charge in [-0.25, -0.2) is 0 Å². The van der Waals surface area contributed by atoms with Crippen LogP contribution in [0.2, 0.25) is 0 Å². The van der Waals surface area contributed by atoms with Gasteiger partial charge in [0, 0.05) is 4.88 Å². The van der Waals surface area contributed by atoms with Gasteiger partial charge in [0.1, 0.15) is 0 Å². The van der Waals surface area contributed by atoms with E-state index in [-0.39, 0.29) is 0 Å². The van der Waals surface area contributed by atoms with E-state index in [1.165, 1.54) is 19.8 Å². The molecule has 0 saturated carbocycles. The lowest BCUT2D eigenvalue weighted by molar-refractivity contribution is 1.07. The van der Waals surface area contributed by atoms with E-state index in [4.69, 9.17) is 0 Å². The van der Waals surface area contributed by atoms with Gasteiger partial charge in [-0.2, -0.15) is 0 Å². The highest BCUT2D eigenvalue weighted by Crippen LogP contribution is 2.38. The van der Waals surface area contributed by atoms with Crippen molar-refractivity contribution in [1.29, 1.82) is 0 Å². The molecule has 2 rings (SSSR count). The molecule has 1 aromatic carbocycles. The Hall–Kier alpha value is -0.120. The molecule has 2 aromatic rings. The summed E-state index contributed by atoms with van der Waals surface area (Å²) in [6.07, 6.45) is 1.07. The van der Waals surface area contributed by atoms with E-state index in [0.29, 0.717) is 4.83 Å². The highest BCUT2D eigenvalue weighted by Gasteiger charge is 2.14. The van der Waals surface area contributed by atoms with Crippen LogP contribution < -0.4 is 0 Å². The molecular weight excluding hydrogens is 348 g/mol. The molecule has 0 aliphatic carbocycles. The van der Waals surface area contributed by atoms with Gasteiger partial charge >= 0.3 is 0 Å². The van der Waals surface area contributed by atoms with Crippen molar-refractivity contribution in [3.8, 4) is 0 Å². The van der Waals surface area contributed by atoms with Gasteiger partial charge in [-0.15, -0.1) is 11.3 Å². The lowest BCUT2D eigenvalue weighted by atomic mass is 10.0. The summed E-state index contributed by atoms with van der Waals surface area (Å²) < 4.78 is 1.18. The van der Waals surface area contributed by atoms with Crippen LogP contribution in [-0.2, 0) is 6.42 Å². The maximum Gasteiger partial charge on any atom is 0.0741 e. The van der Waals surface area contributed by atoms with E-state index >= 15 is 0 Å². The van der Waals surface area contributed by atoms with Crippen molar-refractivity contribution in [3.63, 3.8) is 0 Å². The van der Waals surface area contributed by atoms with Crippen LogP contribution in [0.15, 0.2) is 40.2 Å². The highest BCUT2D eigenvalue weighted by atomic mass is 79.9. The van der Waals surface area contributed by atoms with E-state index in [1.54, 1.807) is 11.3 Å². The van der Waals surface area contributed by atoms with Crippen molar-refractivity contribution in [2.45, 2.75) is 18.2 Å². The first-order valence-electron chi connectivity index (χ1n) is 5.19. The molecule has 3 heteroatoms. The van der Waals surface area contributed by atoms with Gasteiger partial charge in [0.05, 0.1) is 8.61 Å². The molecule has 0 spiro atoms. The predicted octanol–water partition coefficient (Wildman–Crippen LogP) is 5.56. The molecule has 0 fully saturated rings. The van der Waals surface area contributed by atoms with E-state index in [2.05, 4.69) is 75.2 Å². The predicted molar refractivity (Wildman–Crippen MR) is 78.6 cm³/mol. The van der Waals surface area contributed by atoms with E-state index in [0.717, 1.165) is 6.42 Å². The first kappa shape index (κ1) is 12.3. The van der Waals surface area contributed by atoms with Gasteiger partial charge in [0.25, 0.3) is 0 Å². The van der Waals surface area contributed by atoms with Crippen LogP contribution >= 0.6 is 43.2 Å². The van der Waals surface area contributed by atoms with E-state index < -0.39 is 0 Å². The molecule has 84 valence electrons. The second kappa shape index (κ2) is 5.48. The average molecular weight is 360 g/mol. The molecule has 0 aliphatic heterocycles. The molecule has 0 radical (unpaired) electrons. The van der Waals surface area contributed by atoms with Crippen molar-refractivity contribution in [2.24, 2.45) is 0 Å². The number of thiophene rings is 1. The highest BCUT2D eigenvalue weighted by molar-refractivity contribution is 9.11. The molecule has 0 N–H and O–H groups in total. The fourth-order valence-electron chi connectivity index (χ4n) is 1.72. The second-order valence-corrected chi connectivity index (χ2v) is 6.97. The molecule has 16 heavy (non-hydrogen) atoms. The summed E-state index contributed by atoms with van der Waals surface area (Å²) in [5.74, 6) is 0. The molecule has 0 aliphatic rings. The SMILES string of the molecule is CCc1ccccc1C(Br)c1ccc(Br)s1. The van der Waals surface area contributed by atoms with Gasteiger partial charge in [0.15, 0.2) is 0 Å². The number of benzene rings is 1. The zero-order valence-electron chi connectivity index (χ0n) is 8.91. The minimum absolute atomic E-state index is 0.306. The topological polar surface area (TPSA) is 0 Å². The zero-order valence-corrected chi connectivity index (χ0v) is 12.9. The molecule has 0 nitrogen and oxygen atoms in total. The van der Waals surface area contributed by atoms with Crippen LogP contribution in [0.1, 0.15) is 27.8 Å². The summed E-state index contributed by atoms with van der Waals surface area (Å²) >= 11 is 9.07. The van der Waals surface area contributed by atoms with Crippen molar-refractivity contribution < 1.29 is 0 Å². The Bertz CT molecular complexity index is 476. The normalized spacial score (nSPS) is 12.7. The van der Waals surface area contributed by atoms with Crippen LogP contribution in [0.5, 0.6) is 0 Å². The standard InChI is InChI=1S/C13H12Br2S/c1-2-9-5-3-4-6-10(9)13(15)11-7-8-12(14)16-11/h3-8,13H,2H2,1H3. The lowest BCUT2D eigenvalue weighted by Gasteiger charge is -2.12. The molecule has 1 aromatic heterocycles. The number of aryl methyl sites for hydroxylation is 1. The molecule has 0 saturated heterocycles. The molecule has 1 unspecified atom stereocenters. The maximum absolute atomic E-state index is 3.79. The van der Waals surface area contributed by atoms with Crippen molar-refractivity contribution in [2.75, 3.05) is 0 Å². The Morgan fingerprint density at radius 3 is 2.56 bits per heavy atom. The summed E-state index contributed by atoms with van der Waals surface area (Å²) in [7, 11) is 0. The Labute approximate surface area is 117 Å². The van der Waals surface area contributed by atoms with Crippen LogP contribution in [0.3, 0.4) is 0 Å². The number of rotatable bonds is 3. The minimum Gasteiger partial charge on any atom is -0.132 e. The summed E-state index contributed by atoms with van der Waals surface area (Å²) in [6.45, 7) is 2.20. The van der Waals surface area contributed by atoms with E-state index in [9.17, 15) is 0 Å². The number of alkyl halides is 1. The van der Waals surface area contributed by atoms with Crippen molar-refractivity contribution in [1.82, 2.24) is 0 Å². The van der Waals surface area contributed by atoms with Crippen molar-refractivity contribution in [3.05, 3.63) is 56.2 Å². The van der Waals surface area contributed by atoms with Gasteiger partial charge in [-0.3, -0.25) is 0 Å². The third-order valence-electron chi connectivity index (χ3n) is 2.55. The Morgan fingerprint density at radius 1 is 1.19 bits per heavy atom. The molecule has 1 heterocycles. The van der Waals surface area contributed by atoms with Crippen LogP contribution in [0, 0.1) is 0 Å². The largest absolute Gasteiger partial charge is 0.132 e. The first-order chi connectivity index (χ1) is 7.72. The van der Waals surface area contributed by atoms with Crippen LogP contribution in [-0.4, -0.2) is 0 Å². The third kappa shape index (κ3) is 2.58. The summed E-state index contributed by atoms with van der Waals surface area (Å²) in [5, 5.41) is 0. The summed E-state index contributed by atoms with van der Waals surface area (Å²) in [5.41, 5.74) is 2.79. The molecule has 0 bridgehead atoms. The fraction of sp³-hybridized carbons (Fsp3) is 0.231. The van der Waals surface area contributed by atoms with Gasteiger partial charge in [-0.05, 0) is 45.6 Å². The van der Waals surface area contributed by atoms with Gasteiger partial charge < -0.3 is 0 Å². The van der Waals surface area contributed by atoms with Crippen LogP contribution in [0.25, 0.3) is 0 Å². The Kier molecular flexibility index (Phi) is 4.22. The van der Waals surface area contributed by atoms with Crippen LogP contribution in [0.4, 0.5) is 0 Å². The second-order valence-electron chi connectivity index (χ2n) is 3.56. The monoisotopic (exact) mass is 358 g/mol. The summed E-state index contributed by atoms with van der Waals surface area (Å²) in [6, 6.07) is 12.9. The first-order valence-corrected chi connectivity index (χ1v) is 7.72. The number of halogens is 2. The molecule has 1 atom stereocenters. The van der Waals surface area contributed by atoms with E-state index in [1.807, 2.05) is 0 Å². The number of hydrogen-bond donors (Lipinski definition) is 0. The molecule has 0 amide bonds. The Morgan fingerprint density at radius 2 is 1.94 bits per heavy atom. The van der Waals surface area contributed by atoms with Gasteiger partial charge in [0.2, 0.25) is 0 Å². The number of hydrogen-bond acceptors (Lipinski definition) is 1. The minimum atomic E-state index is 0.306. The Balaban J connectivity index is 2.36. The smallest absolute Gasteiger partial charge is 0.0741 e. The lowest BCUT2D eigenvalue weighted by Crippen LogP contribution is -1.95. The zero-order chi connectivity index (χ0) is 11.5. The third-order valence-corrected chi connectivity index (χ3v) is 5.53. The fourth-order valence-corrected chi connectivity index (χ4v) is 4.02. The average Bonchev–Trinajstić information content (AvgIpc) is 2.75. The van der Waals surface area contributed by atoms with Gasteiger partial charge in [-0.1, -0.05) is 47.1 Å². The maximum atomic E-state index is 3.79.